The molecule has 1 aromatic heterocycles. The molecule has 0 fully saturated rings. The van der Waals surface area contributed by atoms with Crippen molar-refractivity contribution in [1.82, 2.24) is 10.2 Å². The highest BCUT2D eigenvalue weighted by molar-refractivity contribution is 7.80. The summed E-state index contributed by atoms with van der Waals surface area (Å²) in [5.74, 6) is 0. The Bertz CT molecular complexity index is 440. The summed E-state index contributed by atoms with van der Waals surface area (Å²) in [6, 6.07) is 12.0. The van der Waals surface area contributed by atoms with Gasteiger partial charge < -0.3 is 0 Å². The van der Waals surface area contributed by atoms with E-state index < -0.39 is 0 Å². The van der Waals surface area contributed by atoms with E-state index in [1.54, 1.807) is 0 Å². The van der Waals surface area contributed by atoms with Crippen LogP contribution in [-0.2, 0) is 0 Å². The van der Waals surface area contributed by atoms with Crippen molar-refractivity contribution in [3.05, 3.63) is 42.0 Å². The molecule has 0 saturated heterocycles. The molecule has 0 spiro atoms. The zero-order valence-corrected chi connectivity index (χ0v) is 8.70. The van der Waals surface area contributed by atoms with E-state index in [1.807, 2.05) is 43.3 Å². The molecule has 1 aromatic carbocycles. The minimum absolute atomic E-state index is 0.685. The molecule has 14 heavy (non-hydrogen) atoms. The van der Waals surface area contributed by atoms with Crippen molar-refractivity contribution in [1.29, 1.82) is 0 Å². The van der Waals surface area contributed by atoms with E-state index in [2.05, 4.69) is 22.8 Å². The van der Waals surface area contributed by atoms with Crippen molar-refractivity contribution < 1.29 is 0 Å². The number of thiol groups is 1. The van der Waals surface area contributed by atoms with Crippen molar-refractivity contribution in [2.45, 2.75) is 11.9 Å². The molecule has 0 radical (unpaired) electrons. The Balaban J connectivity index is 2.48. The van der Waals surface area contributed by atoms with Gasteiger partial charge in [0.2, 0.25) is 0 Å². The summed E-state index contributed by atoms with van der Waals surface area (Å²) in [5.41, 5.74) is 3.01. The van der Waals surface area contributed by atoms with Crippen LogP contribution in [0.15, 0.2) is 41.4 Å². The van der Waals surface area contributed by atoms with Crippen LogP contribution in [0.2, 0.25) is 0 Å². The summed E-state index contributed by atoms with van der Waals surface area (Å²) < 4.78 is 0. The van der Waals surface area contributed by atoms with Gasteiger partial charge >= 0.3 is 0 Å². The molecule has 0 unspecified atom stereocenters. The zero-order chi connectivity index (χ0) is 9.97. The highest BCUT2D eigenvalue weighted by Crippen LogP contribution is 2.18. The minimum Gasteiger partial charge on any atom is -0.149 e. The molecule has 0 aliphatic heterocycles. The molecule has 0 amide bonds. The molecule has 2 aromatic rings. The maximum atomic E-state index is 4.18. The maximum Gasteiger partial charge on any atom is 0.119 e. The highest BCUT2D eigenvalue weighted by Gasteiger charge is 2.01. The smallest absolute Gasteiger partial charge is 0.119 e. The first-order valence-corrected chi connectivity index (χ1v) is 4.81. The van der Waals surface area contributed by atoms with E-state index in [9.17, 15) is 0 Å². The zero-order valence-electron chi connectivity index (χ0n) is 7.81. The fraction of sp³-hybridized carbons (Fsp3) is 0.0909. The van der Waals surface area contributed by atoms with E-state index in [-0.39, 0.29) is 0 Å². The van der Waals surface area contributed by atoms with Gasteiger partial charge in [-0.25, -0.2) is 0 Å². The first-order chi connectivity index (χ1) is 6.77. The quantitative estimate of drug-likeness (QED) is 0.719. The van der Waals surface area contributed by atoms with E-state index in [0.717, 1.165) is 16.8 Å². The van der Waals surface area contributed by atoms with Crippen LogP contribution >= 0.6 is 12.6 Å². The van der Waals surface area contributed by atoms with Gasteiger partial charge in [0, 0.05) is 5.56 Å². The fourth-order valence-electron chi connectivity index (χ4n) is 1.23. The molecular weight excluding hydrogens is 192 g/mol. The topological polar surface area (TPSA) is 25.8 Å². The number of rotatable bonds is 1. The minimum atomic E-state index is 0.685. The predicted octanol–water partition coefficient (Wildman–Crippen LogP) is 2.74. The molecule has 2 nitrogen and oxygen atoms in total. The Morgan fingerprint density at radius 3 is 2.43 bits per heavy atom. The number of hydrogen-bond acceptors (Lipinski definition) is 3. The number of nitrogens with zero attached hydrogens (tertiary/aromatic N) is 2. The average Bonchev–Trinajstić information content (AvgIpc) is 2.23. The fourth-order valence-corrected chi connectivity index (χ4v) is 1.34. The Hall–Kier alpha value is -1.35. The second-order valence-electron chi connectivity index (χ2n) is 3.10. The van der Waals surface area contributed by atoms with Crippen molar-refractivity contribution in [2.75, 3.05) is 0 Å². The lowest BCUT2D eigenvalue weighted by Crippen LogP contribution is -1.91. The molecule has 70 valence electrons. The maximum absolute atomic E-state index is 4.18. The van der Waals surface area contributed by atoms with Crippen LogP contribution in [0.25, 0.3) is 11.3 Å². The van der Waals surface area contributed by atoms with Crippen LogP contribution in [0.1, 0.15) is 5.56 Å². The van der Waals surface area contributed by atoms with Crippen LogP contribution in [0, 0.1) is 6.92 Å². The van der Waals surface area contributed by atoms with E-state index in [4.69, 9.17) is 0 Å². The van der Waals surface area contributed by atoms with Crippen molar-refractivity contribution >= 4 is 12.6 Å². The molecule has 3 heteroatoms. The van der Waals surface area contributed by atoms with Crippen LogP contribution in [0.4, 0.5) is 0 Å². The van der Waals surface area contributed by atoms with Gasteiger partial charge in [0.1, 0.15) is 5.03 Å². The standard InChI is InChI=1S/C11H10N2S/c1-8-7-10(12-13-11(8)14)9-5-3-2-4-6-9/h2-7H,1H3,(H,13,14). The molecule has 2 rings (SSSR count). The van der Waals surface area contributed by atoms with Gasteiger partial charge in [-0.3, -0.25) is 0 Å². The molecule has 0 bridgehead atoms. The lowest BCUT2D eigenvalue weighted by atomic mass is 10.1. The summed E-state index contributed by atoms with van der Waals surface area (Å²) in [6.45, 7) is 1.98. The van der Waals surface area contributed by atoms with E-state index in [0.29, 0.717) is 5.03 Å². The average molecular weight is 202 g/mol. The second kappa shape index (κ2) is 3.80. The van der Waals surface area contributed by atoms with Crippen LogP contribution in [0.3, 0.4) is 0 Å². The number of benzene rings is 1. The summed E-state index contributed by atoms with van der Waals surface area (Å²) in [7, 11) is 0. The van der Waals surface area contributed by atoms with Crippen LogP contribution < -0.4 is 0 Å². The van der Waals surface area contributed by atoms with Crippen LogP contribution in [-0.4, -0.2) is 10.2 Å². The molecule has 0 N–H and O–H groups in total. The normalized spacial score (nSPS) is 10.1. The van der Waals surface area contributed by atoms with Gasteiger partial charge in [0.05, 0.1) is 5.69 Å². The third-order valence-electron chi connectivity index (χ3n) is 2.03. The summed E-state index contributed by atoms with van der Waals surface area (Å²) >= 11 is 4.18. The third kappa shape index (κ3) is 1.77. The Kier molecular flexibility index (Phi) is 2.50. The first-order valence-electron chi connectivity index (χ1n) is 4.36. The van der Waals surface area contributed by atoms with E-state index >= 15 is 0 Å². The van der Waals surface area contributed by atoms with Gasteiger partial charge in [0.25, 0.3) is 0 Å². The van der Waals surface area contributed by atoms with E-state index in [1.165, 1.54) is 0 Å². The van der Waals surface area contributed by atoms with Crippen molar-refractivity contribution in [3.8, 4) is 11.3 Å². The largest absolute Gasteiger partial charge is 0.149 e. The third-order valence-corrected chi connectivity index (χ3v) is 2.47. The SMILES string of the molecule is Cc1cc(-c2ccccc2)nnc1S. The van der Waals surface area contributed by atoms with Crippen LogP contribution in [0.5, 0.6) is 0 Å². The second-order valence-corrected chi connectivity index (χ2v) is 3.53. The monoisotopic (exact) mass is 202 g/mol. The molecular formula is C11H10N2S. The van der Waals surface area contributed by atoms with Crippen molar-refractivity contribution in [3.63, 3.8) is 0 Å². The molecule has 0 aliphatic rings. The summed E-state index contributed by atoms with van der Waals surface area (Å²) in [5, 5.41) is 8.74. The highest BCUT2D eigenvalue weighted by atomic mass is 32.1. The van der Waals surface area contributed by atoms with Gasteiger partial charge in [-0.1, -0.05) is 30.3 Å². The number of aryl methyl sites for hydroxylation is 1. The lowest BCUT2D eigenvalue weighted by molar-refractivity contribution is 0.917. The van der Waals surface area contributed by atoms with Gasteiger partial charge in [-0.2, -0.15) is 0 Å². The van der Waals surface area contributed by atoms with Crippen molar-refractivity contribution in [2.24, 2.45) is 0 Å². The molecule has 0 aliphatic carbocycles. The lowest BCUT2D eigenvalue weighted by Gasteiger charge is -2.01. The predicted molar refractivity (Wildman–Crippen MR) is 59.5 cm³/mol. The summed E-state index contributed by atoms with van der Waals surface area (Å²) in [6.07, 6.45) is 0. The Morgan fingerprint density at radius 1 is 1.07 bits per heavy atom. The number of aromatic nitrogens is 2. The first kappa shape index (κ1) is 9.21. The molecule has 0 atom stereocenters. The van der Waals surface area contributed by atoms with Gasteiger partial charge in [-0.05, 0) is 18.6 Å². The van der Waals surface area contributed by atoms with Gasteiger partial charge in [0.15, 0.2) is 0 Å². The van der Waals surface area contributed by atoms with Gasteiger partial charge in [-0.15, -0.1) is 22.8 Å². The summed E-state index contributed by atoms with van der Waals surface area (Å²) in [4.78, 5) is 0. The Labute approximate surface area is 88.4 Å². The number of hydrogen-bond donors (Lipinski definition) is 1. The Morgan fingerprint density at radius 2 is 1.79 bits per heavy atom. The molecule has 0 saturated carbocycles. The molecule has 1 heterocycles.